The van der Waals surface area contributed by atoms with Crippen LogP contribution < -0.4 is 0 Å². The number of hydrogen-bond acceptors (Lipinski definition) is 3. The van der Waals surface area contributed by atoms with Crippen molar-refractivity contribution in [3.05, 3.63) is 0 Å². The van der Waals surface area contributed by atoms with Crippen LogP contribution in [0.1, 0.15) is 27.2 Å². The van der Waals surface area contributed by atoms with Crippen LogP contribution in [0.2, 0.25) is 0 Å². The maximum atomic E-state index is 10.5. The summed E-state index contributed by atoms with van der Waals surface area (Å²) in [5.74, 6) is 0. The van der Waals surface area contributed by atoms with Gasteiger partial charge in [0.25, 0.3) is 10.1 Å². The smallest absolute Gasteiger partial charge is 0.264 e. The molecule has 68 valence electrons. The molecule has 0 heterocycles. The van der Waals surface area contributed by atoms with E-state index in [2.05, 4.69) is 4.18 Å². The molecule has 0 bridgehead atoms. The Bertz CT molecular complexity index is 198. The molecule has 0 aliphatic carbocycles. The second kappa shape index (κ2) is 3.54. The average molecular weight is 180 g/mol. The first-order chi connectivity index (χ1) is 4.71. The van der Waals surface area contributed by atoms with Crippen molar-refractivity contribution < 1.29 is 12.6 Å². The van der Waals surface area contributed by atoms with E-state index in [0.717, 1.165) is 12.7 Å². The topological polar surface area (TPSA) is 43.4 Å². The molecule has 11 heavy (non-hydrogen) atoms. The van der Waals surface area contributed by atoms with Gasteiger partial charge in [0.1, 0.15) is 0 Å². The van der Waals surface area contributed by atoms with Crippen LogP contribution in [0.5, 0.6) is 0 Å². The molecule has 0 fully saturated rings. The molecule has 0 saturated heterocycles. The van der Waals surface area contributed by atoms with Gasteiger partial charge in [0, 0.05) is 0 Å². The van der Waals surface area contributed by atoms with Gasteiger partial charge in [-0.2, -0.15) is 8.42 Å². The third-order valence-corrected chi connectivity index (χ3v) is 1.74. The molecule has 4 heteroatoms. The molecule has 0 unspecified atom stereocenters. The van der Waals surface area contributed by atoms with E-state index in [0.29, 0.717) is 0 Å². The van der Waals surface area contributed by atoms with E-state index in [-0.39, 0.29) is 12.0 Å². The van der Waals surface area contributed by atoms with E-state index in [4.69, 9.17) is 0 Å². The Kier molecular flexibility index (Phi) is 3.51. The molecule has 0 amide bonds. The lowest BCUT2D eigenvalue weighted by Crippen LogP contribution is -2.12. The molecule has 0 saturated carbocycles. The highest BCUT2D eigenvalue weighted by Crippen LogP contribution is 2.18. The molecule has 0 aromatic heterocycles. The highest BCUT2D eigenvalue weighted by molar-refractivity contribution is 7.85. The zero-order valence-corrected chi connectivity index (χ0v) is 8.36. The van der Waals surface area contributed by atoms with Gasteiger partial charge in [0.2, 0.25) is 0 Å². The van der Waals surface area contributed by atoms with E-state index in [1.807, 2.05) is 20.8 Å². The lowest BCUT2D eigenvalue weighted by molar-refractivity contribution is 0.249. The summed E-state index contributed by atoms with van der Waals surface area (Å²) < 4.78 is 25.6. The molecule has 0 aromatic carbocycles. The zero-order chi connectivity index (χ0) is 9.12. The van der Waals surface area contributed by atoms with E-state index < -0.39 is 10.1 Å². The van der Waals surface area contributed by atoms with Gasteiger partial charge in [0.05, 0.1) is 12.9 Å². The lowest BCUT2D eigenvalue weighted by Gasteiger charge is -2.16. The Morgan fingerprint density at radius 2 is 1.73 bits per heavy atom. The van der Waals surface area contributed by atoms with Crippen LogP contribution in [-0.2, 0) is 14.3 Å². The minimum absolute atomic E-state index is 0.130. The summed E-state index contributed by atoms with van der Waals surface area (Å²) in [7, 11) is -3.25. The van der Waals surface area contributed by atoms with Gasteiger partial charge in [-0.25, -0.2) is 0 Å². The third kappa shape index (κ3) is 9.91. The van der Waals surface area contributed by atoms with E-state index in [1.54, 1.807) is 0 Å². The quantitative estimate of drug-likeness (QED) is 0.616. The Hall–Kier alpha value is -0.0900. The van der Waals surface area contributed by atoms with Crippen molar-refractivity contribution in [1.82, 2.24) is 0 Å². The molecular weight excluding hydrogens is 164 g/mol. The van der Waals surface area contributed by atoms with Crippen LogP contribution in [-0.4, -0.2) is 21.3 Å². The largest absolute Gasteiger partial charge is 0.270 e. The minimum atomic E-state index is -3.25. The normalized spacial score (nSPS) is 13.5. The van der Waals surface area contributed by atoms with Crippen molar-refractivity contribution in [3.8, 4) is 0 Å². The van der Waals surface area contributed by atoms with E-state index in [1.165, 1.54) is 0 Å². The fraction of sp³-hybridized carbons (Fsp3) is 1.00. The predicted octanol–water partition coefficient (Wildman–Crippen LogP) is 1.40. The lowest BCUT2D eigenvalue weighted by atomic mass is 9.93. The van der Waals surface area contributed by atoms with Crippen molar-refractivity contribution in [2.24, 2.45) is 5.41 Å². The second-order valence-corrected chi connectivity index (χ2v) is 5.48. The van der Waals surface area contributed by atoms with Crippen LogP contribution in [0.25, 0.3) is 0 Å². The van der Waals surface area contributed by atoms with Gasteiger partial charge < -0.3 is 0 Å². The van der Waals surface area contributed by atoms with Gasteiger partial charge in [-0.3, -0.25) is 4.18 Å². The molecule has 0 N–H and O–H groups in total. The van der Waals surface area contributed by atoms with Crippen LogP contribution in [0, 0.1) is 5.41 Å². The number of hydrogen-bond donors (Lipinski definition) is 0. The number of rotatable bonds is 3. The molecule has 0 aliphatic heterocycles. The summed E-state index contributed by atoms with van der Waals surface area (Å²) in [6.07, 6.45) is 1.82. The Balaban J connectivity index is 3.61. The van der Waals surface area contributed by atoms with Crippen molar-refractivity contribution in [2.45, 2.75) is 27.2 Å². The molecule has 0 aromatic rings. The van der Waals surface area contributed by atoms with E-state index >= 15 is 0 Å². The Labute approximate surface area is 68.9 Å². The highest BCUT2D eigenvalue weighted by atomic mass is 32.2. The van der Waals surface area contributed by atoms with Gasteiger partial charge in [-0.15, -0.1) is 0 Å². The van der Waals surface area contributed by atoms with Crippen LogP contribution >= 0.6 is 0 Å². The van der Waals surface area contributed by atoms with Crippen LogP contribution in [0.4, 0.5) is 0 Å². The summed E-state index contributed by atoms with van der Waals surface area (Å²) in [6, 6.07) is 0. The molecule has 3 nitrogen and oxygen atoms in total. The fourth-order valence-corrected chi connectivity index (χ4v) is 0.885. The van der Waals surface area contributed by atoms with Crippen molar-refractivity contribution in [2.75, 3.05) is 12.9 Å². The van der Waals surface area contributed by atoms with Gasteiger partial charge in [0.15, 0.2) is 0 Å². The van der Waals surface area contributed by atoms with Gasteiger partial charge in [-0.1, -0.05) is 20.8 Å². The summed E-state index contributed by atoms with van der Waals surface area (Å²) in [5.41, 5.74) is 0.130. The first-order valence-electron chi connectivity index (χ1n) is 3.55. The fourth-order valence-electron chi connectivity index (χ4n) is 0.499. The molecular formula is C7H16O3S. The first kappa shape index (κ1) is 10.9. The molecule has 0 atom stereocenters. The summed E-state index contributed by atoms with van der Waals surface area (Å²) in [4.78, 5) is 0. The van der Waals surface area contributed by atoms with Crippen molar-refractivity contribution >= 4 is 10.1 Å². The SMILES string of the molecule is CC(C)(C)CCOS(C)(=O)=O. The predicted molar refractivity (Wildman–Crippen MR) is 44.9 cm³/mol. The van der Waals surface area contributed by atoms with Crippen LogP contribution in [0.15, 0.2) is 0 Å². The summed E-state index contributed by atoms with van der Waals surface area (Å²) in [5, 5.41) is 0. The Morgan fingerprint density at radius 3 is 2.00 bits per heavy atom. The van der Waals surface area contributed by atoms with E-state index in [9.17, 15) is 8.42 Å². The standard InChI is InChI=1S/C7H16O3S/c1-7(2,3)5-6-10-11(4,8)9/h5-6H2,1-4H3. The Morgan fingerprint density at radius 1 is 1.27 bits per heavy atom. The third-order valence-electron chi connectivity index (χ3n) is 1.15. The highest BCUT2D eigenvalue weighted by Gasteiger charge is 2.11. The van der Waals surface area contributed by atoms with Crippen molar-refractivity contribution in [3.63, 3.8) is 0 Å². The zero-order valence-electron chi connectivity index (χ0n) is 7.55. The van der Waals surface area contributed by atoms with Gasteiger partial charge in [-0.05, 0) is 11.8 Å². The second-order valence-electron chi connectivity index (χ2n) is 3.84. The summed E-state index contributed by atoms with van der Waals surface area (Å²) >= 11 is 0. The molecule has 0 rings (SSSR count). The molecule has 0 aliphatic rings. The monoisotopic (exact) mass is 180 g/mol. The molecule has 0 spiro atoms. The minimum Gasteiger partial charge on any atom is -0.270 e. The van der Waals surface area contributed by atoms with Gasteiger partial charge >= 0.3 is 0 Å². The van der Waals surface area contributed by atoms with Crippen molar-refractivity contribution in [1.29, 1.82) is 0 Å². The first-order valence-corrected chi connectivity index (χ1v) is 5.37. The summed E-state index contributed by atoms with van der Waals surface area (Å²) in [6.45, 7) is 6.40. The maximum Gasteiger partial charge on any atom is 0.264 e. The average Bonchev–Trinajstić information content (AvgIpc) is 1.55. The molecule has 0 radical (unpaired) electrons. The van der Waals surface area contributed by atoms with Crippen LogP contribution in [0.3, 0.4) is 0 Å². The maximum absolute atomic E-state index is 10.5.